The van der Waals surface area contributed by atoms with E-state index in [0.717, 1.165) is 0 Å². The van der Waals surface area contributed by atoms with Crippen LogP contribution in [0.25, 0.3) is 0 Å². The van der Waals surface area contributed by atoms with Gasteiger partial charge in [-0.1, -0.05) is 0 Å². The van der Waals surface area contributed by atoms with Gasteiger partial charge in [-0.3, -0.25) is 0 Å². The van der Waals surface area contributed by atoms with E-state index >= 15 is 0 Å². The van der Waals surface area contributed by atoms with Gasteiger partial charge in [0, 0.05) is 0 Å². The molecule has 0 heterocycles. The number of hydrogen-bond acceptors (Lipinski definition) is 1. The maximum Gasteiger partial charge on any atom is 2.00 e. The molecule has 0 fully saturated rings. The molecular weight excluding hydrogens is 137 g/mol. The van der Waals surface area contributed by atoms with Gasteiger partial charge in [0.05, 0.1) is 0 Å². The second-order valence-corrected chi connectivity index (χ2v) is 0.803. The van der Waals surface area contributed by atoms with Crippen molar-refractivity contribution in [3.63, 3.8) is 0 Å². The van der Waals surface area contributed by atoms with Gasteiger partial charge in [0.1, 0.15) is 0 Å². The standard InChI is InChI=1S/C2HF3O2.Mg.2H/c3-2(4,5)1(6)7;;;/h(H,6,7);;;/q;+2;2*-1. The Balaban J connectivity index is -0.0000000600. The van der Waals surface area contributed by atoms with E-state index in [1.807, 2.05) is 0 Å². The molecule has 0 saturated heterocycles. The number of halogens is 3. The van der Waals surface area contributed by atoms with Crippen LogP contribution in [0.1, 0.15) is 2.85 Å². The van der Waals surface area contributed by atoms with Crippen LogP contribution in [0.3, 0.4) is 0 Å². The predicted octanol–water partition coefficient (Wildman–Crippen LogP) is 0.477. The smallest absolute Gasteiger partial charge is 1.00 e. The summed E-state index contributed by atoms with van der Waals surface area (Å²) in [6.45, 7) is 0. The van der Waals surface area contributed by atoms with Gasteiger partial charge in [0.25, 0.3) is 0 Å². The number of carboxylic acids is 1. The Labute approximate surface area is 61.8 Å². The molecular formula is C2H3F3MgO2. The molecule has 0 unspecified atom stereocenters. The van der Waals surface area contributed by atoms with Crippen LogP contribution in [-0.2, 0) is 4.79 Å². The van der Waals surface area contributed by atoms with E-state index in [0.29, 0.717) is 0 Å². The number of alkyl halides is 3. The summed E-state index contributed by atoms with van der Waals surface area (Å²) in [5.41, 5.74) is 0. The average Bonchev–Trinajstić information content (AvgIpc) is 1.31. The molecule has 0 aromatic rings. The van der Waals surface area contributed by atoms with Crippen molar-refractivity contribution in [2.45, 2.75) is 6.18 Å². The summed E-state index contributed by atoms with van der Waals surface area (Å²) in [6, 6.07) is 0. The maximum absolute atomic E-state index is 10.6. The van der Waals surface area contributed by atoms with Gasteiger partial charge in [0.15, 0.2) is 0 Å². The fourth-order valence-corrected chi connectivity index (χ4v) is 0. The number of hydrogen-bond donors (Lipinski definition) is 1. The van der Waals surface area contributed by atoms with E-state index in [1.165, 1.54) is 0 Å². The van der Waals surface area contributed by atoms with Crippen LogP contribution in [0, 0.1) is 0 Å². The molecule has 0 aliphatic carbocycles. The minimum absolute atomic E-state index is 0. The van der Waals surface area contributed by atoms with Gasteiger partial charge in [0.2, 0.25) is 0 Å². The number of carboxylic acid groups (broad SMARTS) is 1. The van der Waals surface area contributed by atoms with E-state index < -0.39 is 12.1 Å². The summed E-state index contributed by atoms with van der Waals surface area (Å²) < 4.78 is 31.7. The summed E-state index contributed by atoms with van der Waals surface area (Å²) in [4.78, 5) is 8.90. The van der Waals surface area contributed by atoms with E-state index in [1.54, 1.807) is 0 Å². The Bertz CT molecular complexity index is 95.0. The van der Waals surface area contributed by atoms with Crippen LogP contribution >= 0.6 is 0 Å². The topological polar surface area (TPSA) is 37.3 Å². The molecule has 0 aromatic heterocycles. The van der Waals surface area contributed by atoms with E-state index in [2.05, 4.69) is 0 Å². The first-order valence-electron chi connectivity index (χ1n) is 1.24. The Hall–Kier alpha value is 0.0262. The van der Waals surface area contributed by atoms with Crippen molar-refractivity contribution in [2.24, 2.45) is 0 Å². The van der Waals surface area contributed by atoms with Crippen molar-refractivity contribution in [1.82, 2.24) is 0 Å². The molecule has 46 valence electrons. The molecule has 0 aromatic carbocycles. The van der Waals surface area contributed by atoms with Crippen molar-refractivity contribution in [3.05, 3.63) is 0 Å². The van der Waals surface area contributed by atoms with Gasteiger partial charge in [-0.05, 0) is 0 Å². The van der Waals surface area contributed by atoms with E-state index in [-0.39, 0.29) is 25.9 Å². The fourth-order valence-electron chi connectivity index (χ4n) is 0. The van der Waals surface area contributed by atoms with Crippen molar-refractivity contribution in [3.8, 4) is 0 Å². The molecule has 6 heteroatoms. The molecule has 2 nitrogen and oxygen atoms in total. The SMILES string of the molecule is O=C(O)C(F)(F)F.[H-].[H-].[Mg+2]. The number of aliphatic carboxylic acids is 1. The van der Waals surface area contributed by atoms with Crippen LogP contribution < -0.4 is 0 Å². The summed E-state index contributed by atoms with van der Waals surface area (Å²) in [7, 11) is 0. The summed E-state index contributed by atoms with van der Waals surface area (Å²) >= 11 is 0. The Kier molecular flexibility index (Phi) is 4.27. The van der Waals surface area contributed by atoms with E-state index in [4.69, 9.17) is 9.90 Å². The van der Waals surface area contributed by atoms with Gasteiger partial charge >= 0.3 is 35.2 Å². The van der Waals surface area contributed by atoms with Gasteiger partial charge in [-0.25, -0.2) is 4.79 Å². The molecule has 0 aliphatic heterocycles. The van der Waals surface area contributed by atoms with Crippen LogP contribution in [-0.4, -0.2) is 40.3 Å². The third-order valence-corrected chi connectivity index (χ3v) is 0.243. The minimum Gasteiger partial charge on any atom is -1.00 e. The maximum atomic E-state index is 10.6. The third kappa shape index (κ3) is 4.19. The zero-order valence-corrected chi connectivity index (χ0v) is 5.11. The number of carbonyl (C=O) groups is 1. The average molecular weight is 140 g/mol. The number of rotatable bonds is 0. The van der Waals surface area contributed by atoms with Crippen LogP contribution in [0.5, 0.6) is 0 Å². The summed E-state index contributed by atoms with van der Waals surface area (Å²) in [6.07, 6.45) is -5.08. The van der Waals surface area contributed by atoms with Gasteiger partial charge < -0.3 is 7.96 Å². The zero-order chi connectivity index (χ0) is 6.08. The Morgan fingerprint density at radius 3 is 1.62 bits per heavy atom. The van der Waals surface area contributed by atoms with Crippen LogP contribution in [0.4, 0.5) is 13.2 Å². The second kappa shape index (κ2) is 3.13. The quantitative estimate of drug-likeness (QED) is 0.497. The molecule has 0 spiro atoms. The molecule has 0 radical (unpaired) electrons. The predicted molar refractivity (Wildman–Crippen MR) is 21.7 cm³/mol. The van der Waals surface area contributed by atoms with Crippen molar-refractivity contribution in [1.29, 1.82) is 0 Å². The first-order chi connectivity index (χ1) is 2.94. The third-order valence-electron chi connectivity index (χ3n) is 0.243. The summed E-state index contributed by atoms with van der Waals surface area (Å²) in [5, 5.41) is 7.12. The van der Waals surface area contributed by atoms with Crippen molar-refractivity contribution in [2.75, 3.05) is 0 Å². The molecule has 0 bridgehead atoms. The van der Waals surface area contributed by atoms with Crippen molar-refractivity contribution >= 4 is 29.0 Å². The normalized spacial score (nSPS) is 9.88. The zero-order valence-electron chi connectivity index (χ0n) is 5.70. The Morgan fingerprint density at radius 1 is 1.50 bits per heavy atom. The first-order valence-corrected chi connectivity index (χ1v) is 1.24. The van der Waals surface area contributed by atoms with Crippen molar-refractivity contribution < 1.29 is 25.9 Å². The Morgan fingerprint density at radius 2 is 1.62 bits per heavy atom. The fraction of sp³-hybridized carbons (Fsp3) is 0.500. The van der Waals surface area contributed by atoms with Gasteiger partial charge in [-0.2, -0.15) is 13.2 Å². The summed E-state index contributed by atoms with van der Waals surface area (Å²) in [5.74, 6) is -2.76. The van der Waals surface area contributed by atoms with Gasteiger partial charge in [-0.15, -0.1) is 0 Å². The van der Waals surface area contributed by atoms with E-state index in [9.17, 15) is 13.2 Å². The monoisotopic (exact) mass is 140 g/mol. The minimum atomic E-state index is -5.08. The van der Waals surface area contributed by atoms with Crippen LogP contribution in [0.2, 0.25) is 0 Å². The molecule has 0 aliphatic rings. The second-order valence-electron chi connectivity index (χ2n) is 0.803. The molecule has 0 amide bonds. The largest absolute Gasteiger partial charge is 2.00 e. The molecule has 0 saturated carbocycles. The molecule has 1 N–H and O–H groups in total. The molecule has 0 rings (SSSR count). The van der Waals surface area contributed by atoms with Crippen LogP contribution in [0.15, 0.2) is 0 Å². The first kappa shape index (κ1) is 10.9. The molecule has 0 atom stereocenters. The molecule has 8 heavy (non-hydrogen) atoms.